The molecular weight excluding hydrogens is 250 g/mol. The Morgan fingerprint density at radius 2 is 2.39 bits per heavy atom. The van der Waals surface area contributed by atoms with Crippen LogP contribution in [-0.2, 0) is 0 Å². The Balaban J connectivity index is 2.21. The lowest BCUT2D eigenvalue weighted by Crippen LogP contribution is -2.29. The zero-order valence-electron chi connectivity index (χ0n) is 10.7. The second-order valence-corrected chi connectivity index (χ2v) is 5.11. The molecule has 4 nitrogen and oxygen atoms in total. The summed E-state index contributed by atoms with van der Waals surface area (Å²) in [4.78, 5) is 18.4. The normalized spacial score (nSPS) is 19.1. The van der Waals surface area contributed by atoms with Crippen LogP contribution in [0.1, 0.15) is 30.8 Å². The first-order valence-electron chi connectivity index (χ1n) is 6.31. The molecule has 1 aromatic rings. The molecule has 0 bridgehead atoms. The zero-order chi connectivity index (χ0) is 13.1. The summed E-state index contributed by atoms with van der Waals surface area (Å²) in [5, 5.41) is 3.51. The molecule has 2 heterocycles. The van der Waals surface area contributed by atoms with Crippen molar-refractivity contribution in [1.82, 2.24) is 9.88 Å². The number of nitrogens with one attached hydrogen (secondary N) is 1. The number of anilines is 1. The molecule has 1 saturated heterocycles. The fourth-order valence-corrected chi connectivity index (χ4v) is 2.33. The summed E-state index contributed by atoms with van der Waals surface area (Å²) in [5.74, 6) is 1.19. The predicted molar refractivity (Wildman–Crippen MR) is 73.1 cm³/mol. The predicted octanol–water partition coefficient (Wildman–Crippen LogP) is 2.65. The first-order valence-corrected chi connectivity index (χ1v) is 6.69. The van der Waals surface area contributed by atoms with Crippen LogP contribution in [0.5, 0.6) is 0 Å². The lowest BCUT2D eigenvalue weighted by Gasteiger charge is -2.16. The summed E-state index contributed by atoms with van der Waals surface area (Å²) in [5.41, 5.74) is 0.351. The van der Waals surface area contributed by atoms with Crippen molar-refractivity contribution in [3.05, 3.63) is 22.8 Å². The van der Waals surface area contributed by atoms with Crippen LogP contribution in [0.4, 0.5) is 5.82 Å². The number of halogens is 1. The molecule has 1 unspecified atom stereocenters. The average Bonchev–Trinajstić information content (AvgIpc) is 2.78. The van der Waals surface area contributed by atoms with E-state index in [0.717, 1.165) is 26.1 Å². The standard InChI is InChI=1S/C13H18ClN3O/c1-3-15-11-5-4-10(14)12(16-11)13(18)17-7-6-9(2)8-17/h4-5,9H,3,6-8H2,1-2H3,(H,15,16). The van der Waals surface area contributed by atoms with Gasteiger partial charge in [0.25, 0.3) is 5.91 Å². The SMILES string of the molecule is CCNc1ccc(Cl)c(C(=O)N2CCC(C)C2)n1. The number of carbonyl (C=O) groups excluding carboxylic acids is 1. The molecule has 0 spiro atoms. The Kier molecular flexibility index (Phi) is 4.07. The highest BCUT2D eigenvalue weighted by Gasteiger charge is 2.26. The van der Waals surface area contributed by atoms with Gasteiger partial charge in [-0.3, -0.25) is 4.79 Å². The summed E-state index contributed by atoms with van der Waals surface area (Å²) in [6.45, 7) is 6.49. The Bertz CT molecular complexity index is 450. The molecule has 1 aliphatic rings. The number of amides is 1. The van der Waals surface area contributed by atoms with Gasteiger partial charge >= 0.3 is 0 Å². The smallest absolute Gasteiger partial charge is 0.274 e. The van der Waals surface area contributed by atoms with Gasteiger partial charge in [-0.05, 0) is 31.4 Å². The largest absolute Gasteiger partial charge is 0.370 e. The van der Waals surface area contributed by atoms with Crippen molar-refractivity contribution in [3.8, 4) is 0 Å². The second kappa shape index (κ2) is 5.57. The molecule has 1 aliphatic heterocycles. The van der Waals surface area contributed by atoms with Gasteiger partial charge in [0.15, 0.2) is 0 Å². The molecular formula is C13H18ClN3O. The van der Waals surface area contributed by atoms with E-state index in [1.807, 2.05) is 11.8 Å². The van der Waals surface area contributed by atoms with E-state index in [9.17, 15) is 4.79 Å². The van der Waals surface area contributed by atoms with Gasteiger partial charge in [0, 0.05) is 19.6 Å². The zero-order valence-corrected chi connectivity index (χ0v) is 11.5. The maximum Gasteiger partial charge on any atom is 0.274 e. The van der Waals surface area contributed by atoms with Gasteiger partial charge in [0.2, 0.25) is 0 Å². The Morgan fingerprint density at radius 1 is 1.61 bits per heavy atom. The molecule has 0 aliphatic carbocycles. The van der Waals surface area contributed by atoms with Crippen LogP contribution in [0.15, 0.2) is 12.1 Å². The molecule has 0 saturated carbocycles. The van der Waals surface area contributed by atoms with Crippen LogP contribution in [0.25, 0.3) is 0 Å². The van der Waals surface area contributed by atoms with Gasteiger partial charge in [-0.25, -0.2) is 4.98 Å². The Morgan fingerprint density at radius 3 is 3.00 bits per heavy atom. The quantitative estimate of drug-likeness (QED) is 0.916. The summed E-state index contributed by atoms with van der Waals surface area (Å²) in [6.07, 6.45) is 1.05. The molecule has 1 fully saturated rings. The van der Waals surface area contributed by atoms with Gasteiger partial charge in [0.1, 0.15) is 11.5 Å². The molecule has 1 amide bonds. The van der Waals surface area contributed by atoms with Crippen molar-refractivity contribution in [2.24, 2.45) is 5.92 Å². The van der Waals surface area contributed by atoms with Crippen LogP contribution in [0.2, 0.25) is 5.02 Å². The number of hydrogen-bond donors (Lipinski definition) is 1. The van der Waals surface area contributed by atoms with E-state index in [1.165, 1.54) is 0 Å². The molecule has 98 valence electrons. The van der Waals surface area contributed by atoms with Gasteiger partial charge in [-0.15, -0.1) is 0 Å². The molecule has 0 radical (unpaired) electrons. The lowest BCUT2D eigenvalue weighted by molar-refractivity contribution is 0.0782. The second-order valence-electron chi connectivity index (χ2n) is 4.70. The minimum absolute atomic E-state index is 0.0656. The van der Waals surface area contributed by atoms with Gasteiger partial charge < -0.3 is 10.2 Å². The van der Waals surface area contributed by atoms with E-state index < -0.39 is 0 Å². The van der Waals surface area contributed by atoms with E-state index in [-0.39, 0.29) is 5.91 Å². The average molecular weight is 268 g/mol. The maximum absolute atomic E-state index is 12.3. The number of nitrogens with zero attached hydrogens (tertiary/aromatic N) is 2. The van der Waals surface area contributed by atoms with E-state index in [4.69, 9.17) is 11.6 Å². The summed E-state index contributed by atoms with van der Waals surface area (Å²) in [7, 11) is 0. The highest BCUT2D eigenvalue weighted by Crippen LogP contribution is 2.22. The van der Waals surface area contributed by atoms with Gasteiger partial charge in [-0.1, -0.05) is 18.5 Å². The fourth-order valence-electron chi connectivity index (χ4n) is 2.14. The number of carbonyl (C=O) groups is 1. The van der Waals surface area contributed by atoms with Crippen LogP contribution >= 0.6 is 11.6 Å². The number of likely N-dealkylation sites (tertiary alicyclic amines) is 1. The van der Waals surface area contributed by atoms with Crippen molar-refractivity contribution in [2.45, 2.75) is 20.3 Å². The topological polar surface area (TPSA) is 45.2 Å². The van der Waals surface area contributed by atoms with Gasteiger partial charge in [0.05, 0.1) is 5.02 Å². The van der Waals surface area contributed by atoms with E-state index in [0.29, 0.717) is 22.5 Å². The first-order chi connectivity index (χ1) is 8.61. The molecule has 0 aromatic carbocycles. The maximum atomic E-state index is 12.3. The Labute approximate surface area is 112 Å². The number of rotatable bonds is 3. The van der Waals surface area contributed by atoms with Crippen LogP contribution in [0.3, 0.4) is 0 Å². The van der Waals surface area contributed by atoms with Crippen molar-refractivity contribution in [2.75, 3.05) is 25.0 Å². The van der Waals surface area contributed by atoms with Crippen LogP contribution in [-0.4, -0.2) is 35.4 Å². The number of aromatic nitrogens is 1. The number of hydrogen-bond acceptors (Lipinski definition) is 3. The van der Waals surface area contributed by atoms with Crippen molar-refractivity contribution in [3.63, 3.8) is 0 Å². The minimum Gasteiger partial charge on any atom is -0.370 e. The molecule has 5 heteroatoms. The molecule has 1 atom stereocenters. The monoisotopic (exact) mass is 267 g/mol. The van der Waals surface area contributed by atoms with E-state index in [1.54, 1.807) is 12.1 Å². The number of pyridine rings is 1. The lowest BCUT2D eigenvalue weighted by atomic mass is 10.2. The minimum atomic E-state index is -0.0656. The third-order valence-electron chi connectivity index (χ3n) is 3.12. The van der Waals surface area contributed by atoms with Crippen molar-refractivity contribution in [1.29, 1.82) is 0 Å². The van der Waals surface area contributed by atoms with Crippen LogP contribution in [0, 0.1) is 5.92 Å². The summed E-state index contributed by atoms with van der Waals surface area (Å²) >= 11 is 6.07. The molecule has 2 rings (SSSR count). The highest BCUT2D eigenvalue weighted by molar-refractivity contribution is 6.33. The molecule has 18 heavy (non-hydrogen) atoms. The van der Waals surface area contributed by atoms with E-state index >= 15 is 0 Å². The summed E-state index contributed by atoms with van der Waals surface area (Å²) < 4.78 is 0. The molecule has 1 N–H and O–H groups in total. The van der Waals surface area contributed by atoms with E-state index in [2.05, 4.69) is 17.2 Å². The third kappa shape index (κ3) is 2.75. The summed E-state index contributed by atoms with van der Waals surface area (Å²) in [6, 6.07) is 3.51. The van der Waals surface area contributed by atoms with Gasteiger partial charge in [-0.2, -0.15) is 0 Å². The third-order valence-corrected chi connectivity index (χ3v) is 3.42. The fraction of sp³-hybridized carbons (Fsp3) is 0.538. The molecule has 1 aromatic heterocycles. The van der Waals surface area contributed by atoms with Crippen LogP contribution < -0.4 is 5.32 Å². The Hall–Kier alpha value is -1.29. The highest BCUT2D eigenvalue weighted by atomic mass is 35.5. The van der Waals surface area contributed by atoms with Crippen molar-refractivity contribution >= 4 is 23.3 Å². The first kappa shape index (κ1) is 13.1. The van der Waals surface area contributed by atoms with Crippen molar-refractivity contribution < 1.29 is 4.79 Å².